The van der Waals surface area contributed by atoms with E-state index in [9.17, 15) is 4.79 Å². The van der Waals surface area contributed by atoms with Crippen LogP contribution in [0.2, 0.25) is 0 Å². The number of carbonyl (C=O) groups excluding carboxylic acids is 1. The summed E-state index contributed by atoms with van der Waals surface area (Å²) < 4.78 is 2.14. The molecule has 2 aliphatic rings. The van der Waals surface area contributed by atoms with E-state index in [1.807, 2.05) is 24.4 Å². The number of nitrogens with zero attached hydrogens (tertiary/aromatic N) is 2. The summed E-state index contributed by atoms with van der Waals surface area (Å²) in [5.41, 5.74) is 2.04. The molecule has 0 radical (unpaired) electrons. The number of allylic oxidation sites excluding steroid dienone is 2. The van der Waals surface area contributed by atoms with Gasteiger partial charge in [-0.05, 0) is 68.6 Å². The van der Waals surface area contributed by atoms with Crippen LogP contribution in [-0.2, 0) is 4.79 Å². The minimum Gasteiger partial charge on any atom is -0.317 e. The maximum Gasteiger partial charge on any atom is 0.155 e. The second-order valence-electron chi connectivity index (χ2n) is 6.42. The third-order valence-electron chi connectivity index (χ3n) is 4.72. The Bertz CT molecular complexity index is 825. The molecule has 1 saturated heterocycles. The van der Waals surface area contributed by atoms with Gasteiger partial charge in [0.15, 0.2) is 5.78 Å². The minimum atomic E-state index is 0. The first-order chi connectivity index (χ1) is 11.8. The zero-order valence-electron chi connectivity index (χ0n) is 14.4. The number of hydrogen-bond donors (Lipinski definition) is 1. The molecule has 0 amide bonds. The Labute approximate surface area is 170 Å². The third kappa shape index (κ3) is 4.71. The molecule has 0 unspecified atom stereocenters. The van der Waals surface area contributed by atoms with E-state index in [-0.39, 0.29) is 30.6 Å². The number of hydrogen-bond acceptors (Lipinski definition) is 4. The van der Waals surface area contributed by atoms with Gasteiger partial charge in [-0.1, -0.05) is 17.8 Å². The lowest BCUT2D eigenvalue weighted by Gasteiger charge is -2.21. The van der Waals surface area contributed by atoms with Gasteiger partial charge >= 0.3 is 0 Å². The van der Waals surface area contributed by atoms with E-state index in [1.165, 1.54) is 12.8 Å². The molecule has 0 bridgehead atoms. The smallest absolute Gasteiger partial charge is 0.155 e. The SMILES string of the molecule is Cl.Cl.O=C(C=CC1=Cc2cnc3cccc(n23)S1)CCC1CCNCC1. The van der Waals surface area contributed by atoms with Gasteiger partial charge in [-0.25, -0.2) is 4.98 Å². The second-order valence-corrected chi connectivity index (χ2v) is 7.51. The average Bonchev–Trinajstić information content (AvgIpc) is 3.04. The highest BCUT2D eigenvalue weighted by Crippen LogP contribution is 2.34. The molecular weight excluding hydrogens is 389 g/mol. The van der Waals surface area contributed by atoms with Crippen LogP contribution in [0.15, 0.2) is 46.5 Å². The minimum absolute atomic E-state index is 0. The molecule has 2 aromatic rings. The highest BCUT2D eigenvalue weighted by molar-refractivity contribution is 8.03. The molecule has 26 heavy (non-hydrogen) atoms. The van der Waals surface area contributed by atoms with Gasteiger partial charge in [0, 0.05) is 11.3 Å². The molecule has 0 spiro atoms. The molecule has 0 saturated carbocycles. The number of aromatic nitrogens is 2. The van der Waals surface area contributed by atoms with Gasteiger partial charge < -0.3 is 5.32 Å². The molecule has 4 nitrogen and oxygen atoms in total. The molecule has 4 heterocycles. The van der Waals surface area contributed by atoms with Gasteiger partial charge in [0.2, 0.25) is 0 Å². The van der Waals surface area contributed by atoms with Gasteiger partial charge in [-0.15, -0.1) is 24.8 Å². The molecule has 7 heteroatoms. The van der Waals surface area contributed by atoms with Crippen molar-refractivity contribution in [1.29, 1.82) is 0 Å². The molecule has 2 aliphatic heterocycles. The molecule has 0 aliphatic carbocycles. The maximum atomic E-state index is 12.2. The van der Waals surface area contributed by atoms with Crippen molar-refractivity contribution in [2.24, 2.45) is 5.92 Å². The van der Waals surface area contributed by atoms with Gasteiger partial charge in [0.1, 0.15) is 5.65 Å². The van der Waals surface area contributed by atoms with E-state index in [0.29, 0.717) is 12.3 Å². The van der Waals surface area contributed by atoms with Crippen LogP contribution in [0.3, 0.4) is 0 Å². The van der Waals surface area contributed by atoms with Crippen molar-refractivity contribution < 1.29 is 4.79 Å². The van der Waals surface area contributed by atoms with Crippen LogP contribution in [0.4, 0.5) is 0 Å². The molecule has 4 rings (SSSR count). The molecule has 2 aromatic heterocycles. The van der Waals surface area contributed by atoms with E-state index >= 15 is 0 Å². The Kier molecular flexibility index (Phi) is 7.77. The summed E-state index contributed by atoms with van der Waals surface area (Å²) in [6.45, 7) is 2.19. The molecule has 1 N–H and O–H groups in total. The van der Waals surface area contributed by atoms with Gasteiger partial charge in [-0.2, -0.15) is 0 Å². The van der Waals surface area contributed by atoms with E-state index in [2.05, 4.69) is 26.8 Å². The Hall–Kier alpha value is -1.27. The number of carbonyl (C=O) groups is 1. The van der Waals surface area contributed by atoms with Crippen molar-refractivity contribution in [3.05, 3.63) is 47.1 Å². The van der Waals surface area contributed by atoms with Gasteiger partial charge in [0.25, 0.3) is 0 Å². The van der Waals surface area contributed by atoms with Crippen LogP contribution in [0.1, 0.15) is 31.4 Å². The Morgan fingerprint density at radius 2 is 2.12 bits per heavy atom. The molecule has 0 atom stereocenters. The van der Waals surface area contributed by atoms with Crippen molar-refractivity contribution in [2.75, 3.05) is 13.1 Å². The van der Waals surface area contributed by atoms with Gasteiger partial charge in [-0.3, -0.25) is 9.20 Å². The topological polar surface area (TPSA) is 46.4 Å². The maximum absolute atomic E-state index is 12.2. The summed E-state index contributed by atoms with van der Waals surface area (Å²) in [6, 6.07) is 6.11. The Morgan fingerprint density at radius 1 is 1.31 bits per heavy atom. The van der Waals surface area contributed by atoms with Gasteiger partial charge in [0.05, 0.1) is 16.9 Å². The number of imidazole rings is 1. The van der Waals surface area contributed by atoms with E-state index in [0.717, 1.165) is 40.8 Å². The number of thioether (sulfide) groups is 1. The Balaban J connectivity index is 0.00000121. The fourth-order valence-corrected chi connectivity index (χ4v) is 4.36. The van der Waals surface area contributed by atoms with Crippen molar-refractivity contribution in [2.45, 2.75) is 30.7 Å². The highest BCUT2D eigenvalue weighted by Gasteiger charge is 2.15. The monoisotopic (exact) mass is 411 g/mol. The molecule has 140 valence electrons. The van der Waals surface area contributed by atoms with Crippen LogP contribution in [0.25, 0.3) is 11.7 Å². The lowest BCUT2D eigenvalue weighted by molar-refractivity contribution is -0.114. The van der Waals surface area contributed by atoms with Crippen molar-refractivity contribution in [3.8, 4) is 0 Å². The second kappa shape index (κ2) is 9.60. The van der Waals surface area contributed by atoms with Crippen LogP contribution in [0.5, 0.6) is 0 Å². The summed E-state index contributed by atoms with van der Waals surface area (Å²) in [6.07, 6.45) is 11.7. The number of ketones is 1. The third-order valence-corrected chi connectivity index (χ3v) is 5.74. The van der Waals surface area contributed by atoms with Crippen LogP contribution < -0.4 is 5.32 Å². The number of piperidine rings is 1. The lowest BCUT2D eigenvalue weighted by atomic mass is 9.92. The summed E-state index contributed by atoms with van der Waals surface area (Å²) >= 11 is 1.68. The molecule has 0 aromatic carbocycles. The Morgan fingerprint density at radius 3 is 2.92 bits per heavy atom. The van der Waals surface area contributed by atoms with E-state index in [4.69, 9.17) is 0 Å². The predicted octanol–water partition coefficient (Wildman–Crippen LogP) is 4.53. The number of nitrogens with one attached hydrogen (secondary N) is 1. The van der Waals surface area contributed by atoms with Crippen LogP contribution >= 0.6 is 36.6 Å². The standard InChI is InChI=1S/C19H21N3OS.2ClH/c23-16(5-4-14-8-10-20-11-9-14)6-7-17-12-15-13-21-18-2-1-3-19(24-17)22(15)18;;/h1-3,6-7,12-14,20H,4-5,8-11H2;2*1H. The van der Waals surface area contributed by atoms with E-state index < -0.39 is 0 Å². The quantitative estimate of drug-likeness (QED) is 0.733. The number of rotatable bonds is 5. The van der Waals surface area contributed by atoms with Crippen molar-refractivity contribution in [3.63, 3.8) is 0 Å². The number of halogens is 2. The van der Waals surface area contributed by atoms with Crippen LogP contribution in [-0.4, -0.2) is 28.3 Å². The largest absolute Gasteiger partial charge is 0.317 e. The number of pyridine rings is 1. The highest BCUT2D eigenvalue weighted by atomic mass is 35.5. The summed E-state index contributed by atoms with van der Waals surface area (Å²) in [5, 5.41) is 4.51. The van der Waals surface area contributed by atoms with Crippen molar-refractivity contribution in [1.82, 2.24) is 14.7 Å². The summed E-state index contributed by atoms with van der Waals surface area (Å²) in [5.74, 6) is 0.936. The fourth-order valence-electron chi connectivity index (χ4n) is 3.36. The first kappa shape index (κ1) is 21.0. The normalized spacial score (nSPS) is 16.8. The van der Waals surface area contributed by atoms with Crippen LogP contribution in [0, 0.1) is 5.92 Å². The summed E-state index contributed by atoms with van der Waals surface area (Å²) in [7, 11) is 0. The lowest BCUT2D eigenvalue weighted by Crippen LogP contribution is -2.27. The summed E-state index contributed by atoms with van der Waals surface area (Å²) in [4.78, 5) is 17.7. The predicted molar refractivity (Wildman–Crippen MR) is 112 cm³/mol. The zero-order chi connectivity index (χ0) is 16.4. The van der Waals surface area contributed by atoms with E-state index in [1.54, 1.807) is 17.8 Å². The zero-order valence-corrected chi connectivity index (χ0v) is 16.8. The first-order valence-electron chi connectivity index (χ1n) is 8.57. The average molecular weight is 412 g/mol. The molecule has 1 fully saturated rings. The first-order valence-corrected chi connectivity index (χ1v) is 9.39. The van der Waals surface area contributed by atoms with Crippen molar-refractivity contribution >= 4 is 54.1 Å². The fraction of sp³-hybridized carbons (Fsp3) is 0.368. The molecular formula is C19H23Cl2N3OS.